The van der Waals surface area contributed by atoms with Crippen LogP contribution in [0.2, 0.25) is 0 Å². The maximum Gasteiger partial charge on any atom is 0.262 e. The maximum absolute atomic E-state index is 12.4. The van der Waals surface area contributed by atoms with E-state index in [-0.39, 0.29) is 17.4 Å². The van der Waals surface area contributed by atoms with E-state index in [4.69, 9.17) is 10.2 Å². The molecule has 2 N–H and O–H groups in total. The van der Waals surface area contributed by atoms with Crippen molar-refractivity contribution in [2.75, 3.05) is 12.8 Å². The Labute approximate surface area is 111 Å². The van der Waals surface area contributed by atoms with Gasteiger partial charge in [-0.3, -0.25) is 0 Å². The molecule has 0 amide bonds. The standard InChI is InChI=1S/C11H16N4O3S/c1-8-4-5-9(18-8)6-15(3)19(16,17)11-10(12)13-7-14(11)2/h4-5,7H,6,12H2,1-3H3. The average Bonchev–Trinajstić information content (AvgIpc) is 2.85. The van der Waals surface area contributed by atoms with Crippen LogP contribution < -0.4 is 5.73 Å². The number of aryl methyl sites for hydroxylation is 2. The summed E-state index contributed by atoms with van der Waals surface area (Å²) >= 11 is 0. The molecule has 0 fully saturated rings. The smallest absolute Gasteiger partial charge is 0.262 e. The lowest BCUT2D eigenvalue weighted by molar-refractivity contribution is 0.395. The van der Waals surface area contributed by atoms with Crippen LogP contribution in [0.3, 0.4) is 0 Å². The van der Waals surface area contributed by atoms with E-state index < -0.39 is 10.0 Å². The van der Waals surface area contributed by atoms with Crippen molar-refractivity contribution < 1.29 is 12.8 Å². The van der Waals surface area contributed by atoms with Crippen LogP contribution in [-0.4, -0.2) is 29.3 Å². The van der Waals surface area contributed by atoms with Crippen LogP contribution in [0.5, 0.6) is 0 Å². The Balaban J connectivity index is 2.30. The van der Waals surface area contributed by atoms with Crippen molar-refractivity contribution >= 4 is 15.8 Å². The highest BCUT2D eigenvalue weighted by atomic mass is 32.2. The van der Waals surface area contributed by atoms with Crippen molar-refractivity contribution in [3.63, 3.8) is 0 Å². The Morgan fingerprint density at radius 3 is 2.63 bits per heavy atom. The lowest BCUT2D eigenvalue weighted by atomic mass is 10.4. The molecular formula is C11H16N4O3S. The van der Waals surface area contributed by atoms with Crippen molar-refractivity contribution in [2.45, 2.75) is 18.5 Å². The molecule has 8 heteroatoms. The minimum absolute atomic E-state index is 0.00928. The van der Waals surface area contributed by atoms with Gasteiger partial charge in [-0.25, -0.2) is 13.4 Å². The van der Waals surface area contributed by atoms with Crippen molar-refractivity contribution in [2.24, 2.45) is 7.05 Å². The van der Waals surface area contributed by atoms with E-state index >= 15 is 0 Å². The molecule has 0 aliphatic rings. The molecule has 2 aromatic rings. The van der Waals surface area contributed by atoms with Crippen LogP contribution in [0.4, 0.5) is 5.82 Å². The third-order valence-corrected chi connectivity index (χ3v) is 4.67. The molecule has 0 spiro atoms. The highest BCUT2D eigenvalue weighted by Crippen LogP contribution is 2.21. The summed E-state index contributed by atoms with van der Waals surface area (Å²) in [4.78, 5) is 3.79. The van der Waals surface area contributed by atoms with Gasteiger partial charge in [0, 0.05) is 14.1 Å². The van der Waals surface area contributed by atoms with E-state index in [1.54, 1.807) is 26.1 Å². The summed E-state index contributed by atoms with van der Waals surface area (Å²) in [6, 6.07) is 3.53. The SMILES string of the molecule is Cc1ccc(CN(C)S(=O)(=O)c2c(N)ncn2C)o1. The number of aromatic nitrogens is 2. The molecule has 7 nitrogen and oxygen atoms in total. The summed E-state index contributed by atoms with van der Waals surface area (Å²) < 4.78 is 32.7. The molecule has 104 valence electrons. The van der Waals surface area contributed by atoms with Gasteiger partial charge < -0.3 is 14.7 Å². The zero-order valence-corrected chi connectivity index (χ0v) is 11.8. The number of hydrogen-bond donors (Lipinski definition) is 1. The molecular weight excluding hydrogens is 268 g/mol. The fraction of sp³-hybridized carbons (Fsp3) is 0.364. The fourth-order valence-corrected chi connectivity index (χ4v) is 3.09. The van der Waals surface area contributed by atoms with Crippen molar-refractivity contribution in [1.29, 1.82) is 0 Å². The Kier molecular flexibility index (Phi) is 3.38. The predicted molar refractivity (Wildman–Crippen MR) is 69.7 cm³/mol. The molecule has 0 aromatic carbocycles. The summed E-state index contributed by atoms with van der Waals surface area (Å²) in [5.74, 6) is 1.30. The van der Waals surface area contributed by atoms with Gasteiger partial charge in [0.05, 0.1) is 12.9 Å². The molecule has 0 aliphatic heterocycles. The largest absolute Gasteiger partial charge is 0.465 e. The van der Waals surface area contributed by atoms with Gasteiger partial charge in [0.15, 0.2) is 10.8 Å². The number of furan rings is 1. The number of nitrogens with two attached hydrogens (primary N) is 1. The molecule has 19 heavy (non-hydrogen) atoms. The van der Waals surface area contributed by atoms with E-state index in [0.29, 0.717) is 5.76 Å². The van der Waals surface area contributed by atoms with Crippen LogP contribution in [0.1, 0.15) is 11.5 Å². The number of rotatable bonds is 4. The summed E-state index contributed by atoms with van der Waals surface area (Å²) in [6.45, 7) is 1.94. The Morgan fingerprint density at radius 1 is 1.47 bits per heavy atom. The van der Waals surface area contributed by atoms with Crippen LogP contribution in [0.15, 0.2) is 27.9 Å². The average molecular weight is 284 g/mol. The van der Waals surface area contributed by atoms with Crippen molar-refractivity contribution in [1.82, 2.24) is 13.9 Å². The second-order valence-corrected chi connectivity index (χ2v) is 6.28. The van der Waals surface area contributed by atoms with E-state index in [1.807, 2.05) is 0 Å². The van der Waals surface area contributed by atoms with Crippen molar-refractivity contribution in [3.8, 4) is 0 Å². The zero-order chi connectivity index (χ0) is 14.2. The van der Waals surface area contributed by atoms with Crippen LogP contribution in [0.25, 0.3) is 0 Å². The van der Waals surface area contributed by atoms with E-state index in [2.05, 4.69) is 4.98 Å². The van der Waals surface area contributed by atoms with Gasteiger partial charge >= 0.3 is 0 Å². The molecule has 2 heterocycles. The third kappa shape index (κ3) is 2.49. The van der Waals surface area contributed by atoms with E-state index in [1.165, 1.54) is 22.2 Å². The minimum Gasteiger partial charge on any atom is -0.465 e. The lowest BCUT2D eigenvalue weighted by Crippen LogP contribution is -2.28. The Bertz CT molecular complexity index is 667. The molecule has 0 aliphatic carbocycles. The van der Waals surface area contributed by atoms with E-state index in [9.17, 15) is 8.42 Å². The van der Waals surface area contributed by atoms with Crippen LogP contribution >= 0.6 is 0 Å². The van der Waals surface area contributed by atoms with Gasteiger partial charge in [0.1, 0.15) is 11.5 Å². The van der Waals surface area contributed by atoms with Gasteiger partial charge in [0.25, 0.3) is 10.0 Å². The monoisotopic (exact) mass is 284 g/mol. The first-order valence-corrected chi connectivity index (χ1v) is 7.05. The first-order chi connectivity index (χ1) is 8.82. The van der Waals surface area contributed by atoms with Crippen LogP contribution in [-0.2, 0) is 23.6 Å². The molecule has 0 radical (unpaired) electrons. The first kappa shape index (κ1) is 13.6. The molecule has 0 bridgehead atoms. The number of hydrogen-bond acceptors (Lipinski definition) is 5. The summed E-state index contributed by atoms with van der Waals surface area (Å²) in [6.07, 6.45) is 1.37. The number of anilines is 1. The van der Waals surface area contributed by atoms with Gasteiger partial charge in [-0.15, -0.1) is 0 Å². The number of imidazole rings is 1. The van der Waals surface area contributed by atoms with Gasteiger partial charge in [-0.2, -0.15) is 4.31 Å². The minimum atomic E-state index is -3.70. The molecule has 0 atom stereocenters. The normalized spacial score (nSPS) is 12.2. The molecule has 0 saturated carbocycles. The highest BCUT2D eigenvalue weighted by Gasteiger charge is 2.27. The number of nitrogen functional groups attached to an aromatic ring is 1. The second kappa shape index (κ2) is 4.71. The predicted octanol–water partition coefficient (Wildman–Crippen LogP) is 0.724. The lowest BCUT2D eigenvalue weighted by Gasteiger charge is -2.16. The fourth-order valence-electron chi connectivity index (χ4n) is 1.77. The molecule has 2 rings (SSSR count). The van der Waals surface area contributed by atoms with Crippen molar-refractivity contribution in [3.05, 3.63) is 30.0 Å². The highest BCUT2D eigenvalue weighted by molar-refractivity contribution is 7.89. The Morgan fingerprint density at radius 2 is 2.16 bits per heavy atom. The zero-order valence-electron chi connectivity index (χ0n) is 11.0. The van der Waals surface area contributed by atoms with E-state index in [0.717, 1.165) is 5.76 Å². The topological polar surface area (TPSA) is 94.4 Å². The van der Waals surface area contributed by atoms with Gasteiger partial charge in [-0.1, -0.05) is 0 Å². The second-order valence-electron chi connectivity index (χ2n) is 4.32. The molecule has 0 unspecified atom stereocenters. The third-order valence-electron chi connectivity index (χ3n) is 2.74. The van der Waals surface area contributed by atoms with Gasteiger partial charge in [-0.05, 0) is 19.1 Å². The van der Waals surface area contributed by atoms with Gasteiger partial charge in [0.2, 0.25) is 0 Å². The quantitative estimate of drug-likeness (QED) is 0.893. The number of sulfonamides is 1. The summed E-state index contributed by atoms with van der Waals surface area (Å²) in [5.41, 5.74) is 5.60. The molecule has 2 aromatic heterocycles. The first-order valence-electron chi connectivity index (χ1n) is 5.61. The van der Waals surface area contributed by atoms with Crippen LogP contribution in [0, 0.1) is 6.92 Å². The number of nitrogens with zero attached hydrogens (tertiary/aromatic N) is 3. The summed E-state index contributed by atoms with van der Waals surface area (Å²) in [7, 11) is -0.641. The Hall–Kier alpha value is -1.80. The maximum atomic E-state index is 12.4. The summed E-state index contributed by atoms with van der Waals surface area (Å²) in [5, 5.41) is -0.0155. The molecule has 0 saturated heterocycles.